The Bertz CT molecular complexity index is 1730. The van der Waals surface area contributed by atoms with E-state index in [2.05, 4.69) is 0 Å². The summed E-state index contributed by atoms with van der Waals surface area (Å²) in [6.07, 6.45) is -4.69. The fourth-order valence-electron chi connectivity index (χ4n) is 6.14. The number of rotatable bonds is 7. The summed E-state index contributed by atoms with van der Waals surface area (Å²) in [6.45, 7) is 3.33. The summed E-state index contributed by atoms with van der Waals surface area (Å²) >= 11 is 0. The number of carbonyl (C=O) groups excluding carboxylic acids is 4. The molecule has 0 unspecified atom stereocenters. The van der Waals surface area contributed by atoms with Crippen LogP contribution in [0.2, 0.25) is 0 Å². The van der Waals surface area contributed by atoms with Gasteiger partial charge < -0.3 is 42.6 Å². The van der Waals surface area contributed by atoms with Gasteiger partial charge in [0.1, 0.15) is 12.7 Å². The molecule has 13 nitrogen and oxygen atoms in total. The molecule has 0 amide bonds. The van der Waals surface area contributed by atoms with Gasteiger partial charge in [-0.2, -0.15) is 0 Å². The first-order valence-electron chi connectivity index (χ1n) is 14.1. The highest BCUT2D eigenvalue weighted by atomic mass is 16.7. The molecule has 3 aliphatic rings. The lowest BCUT2D eigenvalue weighted by Crippen LogP contribution is -2.54. The van der Waals surface area contributed by atoms with Gasteiger partial charge in [0.05, 0.1) is 26.4 Å². The standard InChI is InChI=1S/C32H30O13/c1-14(33)43-25-12-39-30(31(45-16(3)35)29(25)44-15(2)34)27-19-10-23(38-5)22(37-4)9-18(19)26(28-20(27)11-40-32(28)36)17-6-7-21-24(8-17)42-13-41-21/h6-10,25,29-31H,11-13H2,1-5H3/t25-,29-,30+,31+/m1/s1. The third-order valence-corrected chi connectivity index (χ3v) is 7.81. The van der Waals surface area contributed by atoms with Crippen LogP contribution in [0.3, 0.4) is 0 Å². The Morgan fingerprint density at radius 3 is 2.07 bits per heavy atom. The van der Waals surface area contributed by atoms with E-state index in [4.69, 9.17) is 42.6 Å². The molecule has 1 fully saturated rings. The molecule has 3 aromatic carbocycles. The predicted octanol–water partition coefficient (Wildman–Crippen LogP) is 3.79. The van der Waals surface area contributed by atoms with Gasteiger partial charge in [0, 0.05) is 37.5 Å². The van der Waals surface area contributed by atoms with Gasteiger partial charge in [-0.25, -0.2) is 4.79 Å². The summed E-state index contributed by atoms with van der Waals surface area (Å²) in [5, 5.41) is 1.13. The molecule has 0 aliphatic carbocycles. The average molecular weight is 623 g/mol. The van der Waals surface area contributed by atoms with Crippen molar-refractivity contribution in [2.75, 3.05) is 27.6 Å². The zero-order valence-corrected chi connectivity index (χ0v) is 25.1. The highest BCUT2D eigenvalue weighted by molar-refractivity contribution is 6.13. The smallest absolute Gasteiger partial charge is 0.339 e. The molecule has 236 valence electrons. The molecule has 4 atom stereocenters. The average Bonchev–Trinajstić information content (AvgIpc) is 3.62. The molecule has 3 aromatic rings. The number of benzene rings is 3. The van der Waals surface area contributed by atoms with Crippen molar-refractivity contribution in [2.24, 2.45) is 0 Å². The summed E-state index contributed by atoms with van der Waals surface area (Å²) in [5.74, 6) is -0.763. The monoisotopic (exact) mass is 622 g/mol. The Morgan fingerprint density at radius 1 is 0.756 bits per heavy atom. The number of methoxy groups -OCH3 is 2. The Labute approximate surface area is 257 Å². The second-order valence-corrected chi connectivity index (χ2v) is 10.6. The fraction of sp³-hybridized carbons (Fsp3) is 0.375. The van der Waals surface area contributed by atoms with Crippen molar-refractivity contribution >= 4 is 34.6 Å². The minimum Gasteiger partial charge on any atom is -0.493 e. The van der Waals surface area contributed by atoms with Gasteiger partial charge in [-0.1, -0.05) is 6.07 Å². The van der Waals surface area contributed by atoms with E-state index in [9.17, 15) is 19.2 Å². The molecule has 1 saturated heterocycles. The number of hydrogen-bond acceptors (Lipinski definition) is 13. The topological polar surface area (TPSA) is 151 Å². The molecule has 13 heteroatoms. The lowest BCUT2D eigenvalue weighted by atomic mass is 9.82. The second kappa shape index (κ2) is 11.8. The van der Waals surface area contributed by atoms with E-state index in [0.29, 0.717) is 56.0 Å². The molecule has 0 spiro atoms. The Morgan fingerprint density at radius 2 is 1.40 bits per heavy atom. The zero-order valence-electron chi connectivity index (χ0n) is 25.1. The number of ether oxygens (including phenoxy) is 9. The summed E-state index contributed by atoms with van der Waals surface area (Å²) in [7, 11) is 2.98. The van der Waals surface area contributed by atoms with E-state index in [1.165, 1.54) is 35.0 Å². The van der Waals surface area contributed by atoms with Crippen LogP contribution >= 0.6 is 0 Å². The molecule has 0 saturated carbocycles. The van der Waals surface area contributed by atoms with E-state index in [0.717, 1.165) is 0 Å². The molecule has 45 heavy (non-hydrogen) atoms. The molecular weight excluding hydrogens is 592 g/mol. The number of hydrogen-bond donors (Lipinski definition) is 0. The maximum absolute atomic E-state index is 13.5. The first kappa shape index (κ1) is 30.0. The Balaban J connectivity index is 1.64. The largest absolute Gasteiger partial charge is 0.493 e. The lowest BCUT2D eigenvalue weighted by molar-refractivity contribution is -0.227. The van der Waals surface area contributed by atoms with Crippen molar-refractivity contribution < 1.29 is 61.8 Å². The van der Waals surface area contributed by atoms with E-state index in [1.807, 2.05) is 6.07 Å². The van der Waals surface area contributed by atoms with Crippen LogP contribution in [0.15, 0.2) is 30.3 Å². The molecule has 0 bridgehead atoms. The van der Waals surface area contributed by atoms with E-state index in [-0.39, 0.29) is 25.6 Å². The fourth-order valence-corrected chi connectivity index (χ4v) is 6.14. The van der Waals surface area contributed by atoms with Gasteiger partial charge in [0.2, 0.25) is 6.79 Å². The van der Waals surface area contributed by atoms with Gasteiger partial charge in [-0.3, -0.25) is 14.4 Å². The SMILES string of the molecule is COc1cc2c(-c3ccc4c(c3)OCO4)c3c(c([C@@H]4OC[C@@H](OC(C)=O)[C@@H](OC(C)=O)[C@@H]4OC(C)=O)c2cc1OC)COC3=O. The highest BCUT2D eigenvalue weighted by Gasteiger charge is 2.49. The van der Waals surface area contributed by atoms with Crippen LogP contribution in [0.4, 0.5) is 0 Å². The minimum atomic E-state index is -1.28. The van der Waals surface area contributed by atoms with Crippen LogP contribution in [-0.2, 0) is 44.7 Å². The van der Waals surface area contributed by atoms with Gasteiger partial charge in [-0.05, 0) is 40.6 Å². The summed E-state index contributed by atoms with van der Waals surface area (Å²) < 4.78 is 51.0. The van der Waals surface area contributed by atoms with Crippen LogP contribution in [0.5, 0.6) is 23.0 Å². The maximum atomic E-state index is 13.5. The Kier molecular flexibility index (Phi) is 7.87. The quantitative estimate of drug-likeness (QED) is 0.278. The van der Waals surface area contributed by atoms with Crippen molar-refractivity contribution in [1.82, 2.24) is 0 Å². The van der Waals surface area contributed by atoms with Crippen molar-refractivity contribution in [3.8, 4) is 34.1 Å². The van der Waals surface area contributed by atoms with Gasteiger partial charge in [0.15, 0.2) is 41.3 Å². The summed E-state index contributed by atoms with van der Waals surface area (Å²) in [4.78, 5) is 50.1. The molecule has 0 N–H and O–H groups in total. The van der Waals surface area contributed by atoms with E-state index in [1.54, 1.807) is 24.3 Å². The minimum absolute atomic E-state index is 0.0675. The summed E-state index contributed by atoms with van der Waals surface area (Å²) in [5.41, 5.74) is 2.37. The molecular formula is C32H30O13. The van der Waals surface area contributed by atoms with Crippen molar-refractivity contribution in [1.29, 1.82) is 0 Å². The predicted molar refractivity (Wildman–Crippen MR) is 153 cm³/mol. The van der Waals surface area contributed by atoms with E-state index >= 15 is 0 Å². The first-order valence-corrected chi connectivity index (χ1v) is 14.1. The summed E-state index contributed by atoms with van der Waals surface area (Å²) in [6, 6.07) is 8.81. The van der Waals surface area contributed by atoms with Crippen LogP contribution in [0, 0.1) is 0 Å². The second-order valence-electron chi connectivity index (χ2n) is 10.6. The maximum Gasteiger partial charge on any atom is 0.339 e. The van der Waals surface area contributed by atoms with E-state index < -0.39 is 48.3 Å². The number of esters is 4. The highest BCUT2D eigenvalue weighted by Crippen LogP contribution is 2.50. The normalized spacial score (nSPS) is 21.5. The molecule has 3 aliphatic heterocycles. The first-order chi connectivity index (χ1) is 21.6. The van der Waals surface area contributed by atoms with Crippen LogP contribution in [-0.4, -0.2) is 69.8 Å². The molecule has 6 rings (SSSR count). The molecule has 3 heterocycles. The molecule has 0 radical (unpaired) electrons. The van der Waals surface area contributed by atoms with Crippen LogP contribution in [0.1, 0.15) is 48.4 Å². The van der Waals surface area contributed by atoms with Crippen molar-refractivity contribution in [2.45, 2.75) is 51.8 Å². The lowest BCUT2D eigenvalue weighted by Gasteiger charge is -2.41. The van der Waals surface area contributed by atoms with Crippen LogP contribution in [0.25, 0.3) is 21.9 Å². The van der Waals surface area contributed by atoms with Gasteiger partial charge in [-0.15, -0.1) is 0 Å². The van der Waals surface area contributed by atoms with Crippen LogP contribution < -0.4 is 18.9 Å². The number of carbonyl (C=O) groups is 4. The van der Waals surface area contributed by atoms with Gasteiger partial charge >= 0.3 is 23.9 Å². The van der Waals surface area contributed by atoms with Crippen molar-refractivity contribution in [3.63, 3.8) is 0 Å². The number of cyclic esters (lactones) is 1. The zero-order chi connectivity index (χ0) is 32.0. The molecule has 0 aromatic heterocycles. The van der Waals surface area contributed by atoms with Gasteiger partial charge in [0.25, 0.3) is 0 Å². The number of fused-ring (bicyclic) bond motifs is 3. The Hall–Kier alpha value is -5.04. The third-order valence-electron chi connectivity index (χ3n) is 7.81. The van der Waals surface area contributed by atoms with Crippen molar-refractivity contribution in [3.05, 3.63) is 47.0 Å². The third kappa shape index (κ3) is 5.33.